The molecule has 1 aliphatic rings. The van der Waals surface area contributed by atoms with E-state index in [1.807, 2.05) is 0 Å². The highest BCUT2D eigenvalue weighted by molar-refractivity contribution is 5.80. The van der Waals surface area contributed by atoms with Gasteiger partial charge >= 0.3 is 0 Å². The number of rotatable bonds is 43. The van der Waals surface area contributed by atoms with Crippen molar-refractivity contribution in [2.45, 2.75) is 274 Å². The lowest BCUT2D eigenvalue weighted by atomic mass is 9.98. The minimum atomic E-state index is -1.67. The zero-order valence-electron chi connectivity index (χ0n) is 40.1. The van der Waals surface area contributed by atoms with Gasteiger partial charge in [-0.3, -0.25) is 4.79 Å². The van der Waals surface area contributed by atoms with Crippen molar-refractivity contribution in [3.63, 3.8) is 0 Å². The number of unbranched alkanes of at least 4 members (excludes halogenated alkanes) is 25. The number of hydrogen-bond acceptors (Lipinski definition) is 10. The quantitative estimate of drug-likeness (QED) is 0.0216. The van der Waals surface area contributed by atoms with Gasteiger partial charge in [0.1, 0.15) is 36.6 Å². The fourth-order valence-corrected chi connectivity index (χ4v) is 8.12. The van der Waals surface area contributed by atoms with Crippen molar-refractivity contribution in [2.24, 2.45) is 0 Å². The summed E-state index contributed by atoms with van der Waals surface area (Å²) in [5.74, 6) is -0.712. The average Bonchev–Trinajstić information content (AvgIpc) is 3.28. The molecule has 1 amide bonds. The number of hydrogen-bond donors (Lipinski definition) is 8. The molecular weight excluding hydrogens is 799 g/mol. The second kappa shape index (κ2) is 41.7. The molecule has 0 bridgehead atoms. The predicted octanol–water partition coefficient (Wildman–Crippen LogP) is 9.56. The fraction of sp³-hybridized carbons (Fsp3) is 0.865. The fourth-order valence-electron chi connectivity index (χ4n) is 8.12. The molecule has 0 saturated carbocycles. The van der Waals surface area contributed by atoms with Crippen molar-refractivity contribution in [3.8, 4) is 0 Å². The van der Waals surface area contributed by atoms with E-state index >= 15 is 0 Å². The van der Waals surface area contributed by atoms with Crippen LogP contribution in [0.4, 0.5) is 0 Å². The SMILES string of the molecule is CCCCCCCCCC/C=C/CC/C=C/CC/C=C/CCCC(O)C(O)C(COC1OC(CO)C(O)C(O)C1O)NC(=O)C(O)CCCCCCCCCCCCCCCCC. The Morgan fingerprint density at radius 3 is 1.41 bits per heavy atom. The molecule has 1 rings (SSSR count). The minimum absolute atomic E-state index is 0.242. The van der Waals surface area contributed by atoms with Crippen LogP contribution in [0.3, 0.4) is 0 Å². The zero-order valence-corrected chi connectivity index (χ0v) is 40.1. The van der Waals surface area contributed by atoms with Crippen molar-refractivity contribution >= 4 is 5.91 Å². The molecule has 1 saturated heterocycles. The maximum absolute atomic E-state index is 13.1. The lowest BCUT2D eigenvalue weighted by Crippen LogP contribution is -2.60. The Bertz CT molecular complexity index is 1120. The molecule has 8 N–H and O–H groups in total. The van der Waals surface area contributed by atoms with Gasteiger partial charge in [-0.05, 0) is 64.2 Å². The average molecular weight is 896 g/mol. The number of amides is 1. The molecule has 1 heterocycles. The normalized spacial score (nSPS) is 21.4. The predicted molar refractivity (Wildman–Crippen MR) is 256 cm³/mol. The first-order chi connectivity index (χ1) is 30.7. The summed E-state index contributed by atoms with van der Waals surface area (Å²) in [6, 6.07) is -1.19. The van der Waals surface area contributed by atoms with E-state index in [1.165, 1.54) is 128 Å². The largest absolute Gasteiger partial charge is 0.394 e. The minimum Gasteiger partial charge on any atom is -0.394 e. The zero-order chi connectivity index (χ0) is 46.2. The highest BCUT2D eigenvalue weighted by atomic mass is 16.7. The molecule has 11 heteroatoms. The van der Waals surface area contributed by atoms with Crippen molar-refractivity contribution in [1.82, 2.24) is 5.32 Å². The molecule has 11 nitrogen and oxygen atoms in total. The summed E-state index contributed by atoms with van der Waals surface area (Å²) in [6.45, 7) is 3.43. The molecule has 0 spiro atoms. The van der Waals surface area contributed by atoms with E-state index in [-0.39, 0.29) is 12.8 Å². The highest BCUT2D eigenvalue weighted by Crippen LogP contribution is 2.23. The van der Waals surface area contributed by atoms with Gasteiger partial charge in [-0.25, -0.2) is 0 Å². The third-order valence-electron chi connectivity index (χ3n) is 12.4. The van der Waals surface area contributed by atoms with Crippen molar-refractivity contribution in [3.05, 3.63) is 36.5 Å². The smallest absolute Gasteiger partial charge is 0.249 e. The number of carbonyl (C=O) groups excluding carboxylic acids is 1. The van der Waals surface area contributed by atoms with Crippen LogP contribution in [0, 0.1) is 0 Å². The van der Waals surface area contributed by atoms with Crippen LogP contribution >= 0.6 is 0 Å². The summed E-state index contributed by atoms with van der Waals surface area (Å²) in [4.78, 5) is 13.1. The number of ether oxygens (including phenoxy) is 2. The maximum atomic E-state index is 13.1. The topological polar surface area (TPSA) is 189 Å². The molecule has 1 fully saturated rings. The summed E-state index contributed by atoms with van der Waals surface area (Å²) in [5.41, 5.74) is 0. The summed E-state index contributed by atoms with van der Waals surface area (Å²) >= 11 is 0. The Morgan fingerprint density at radius 2 is 0.952 bits per heavy atom. The van der Waals surface area contributed by atoms with Gasteiger partial charge in [0, 0.05) is 0 Å². The van der Waals surface area contributed by atoms with E-state index in [0.29, 0.717) is 19.3 Å². The second-order valence-corrected chi connectivity index (χ2v) is 18.2. The Hall–Kier alpha value is -1.67. The van der Waals surface area contributed by atoms with Crippen molar-refractivity contribution in [2.75, 3.05) is 13.2 Å². The summed E-state index contributed by atoms with van der Waals surface area (Å²) < 4.78 is 11.1. The van der Waals surface area contributed by atoms with Crippen LogP contribution < -0.4 is 5.32 Å². The van der Waals surface area contributed by atoms with Gasteiger partial charge < -0.3 is 50.5 Å². The van der Waals surface area contributed by atoms with Gasteiger partial charge in [0.2, 0.25) is 5.91 Å². The molecule has 9 unspecified atom stereocenters. The molecule has 1 aliphatic heterocycles. The number of aliphatic hydroxyl groups excluding tert-OH is 7. The Labute approximate surface area is 384 Å². The van der Waals surface area contributed by atoms with Crippen LogP contribution in [0.5, 0.6) is 0 Å². The van der Waals surface area contributed by atoms with Crippen LogP contribution in [0.1, 0.15) is 219 Å². The Kier molecular flexibility index (Phi) is 39.3. The van der Waals surface area contributed by atoms with Crippen LogP contribution in [0.2, 0.25) is 0 Å². The van der Waals surface area contributed by atoms with E-state index < -0.39 is 74.2 Å². The van der Waals surface area contributed by atoms with Gasteiger partial charge in [-0.1, -0.05) is 192 Å². The van der Waals surface area contributed by atoms with Crippen molar-refractivity contribution < 1.29 is 50.0 Å². The van der Waals surface area contributed by atoms with E-state index in [1.54, 1.807) is 0 Å². The second-order valence-electron chi connectivity index (χ2n) is 18.2. The van der Waals surface area contributed by atoms with Crippen LogP contribution in [0.25, 0.3) is 0 Å². The Balaban J connectivity index is 2.43. The lowest BCUT2D eigenvalue weighted by molar-refractivity contribution is -0.303. The van der Waals surface area contributed by atoms with Crippen LogP contribution in [-0.4, -0.2) is 110 Å². The third kappa shape index (κ3) is 31.0. The first kappa shape index (κ1) is 59.3. The van der Waals surface area contributed by atoms with Gasteiger partial charge in [0.15, 0.2) is 6.29 Å². The first-order valence-corrected chi connectivity index (χ1v) is 25.9. The summed E-state index contributed by atoms with van der Waals surface area (Å²) in [5, 5.41) is 75.8. The molecule has 0 aromatic heterocycles. The first-order valence-electron chi connectivity index (χ1n) is 25.9. The van der Waals surface area contributed by atoms with Crippen LogP contribution in [-0.2, 0) is 14.3 Å². The molecule has 9 atom stereocenters. The van der Waals surface area contributed by atoms with Gasteiger partial charge in [-0.15, -0.1) is 0 Å². The van der Waals surface area contributed by atoms with E-state index in [0.717, 1.165) is 44.9 Å². The lowest BCUT2D eigenvalue weighted by Gasteiger charge is -2.40. The van der Waals surface area contributed by atoms with E-state index in [4.69, 9.17) is 9.47 Å². The standard InChI is InChI=1S/C52H97NO10/c1-3-5-7-9-11-13-15-17-19-20-21-22-23-24-26-27-29-31-33-35-37-39-44(55)47(57)43(42-62-52-50(60)49(59)48(58)46(41-54)63-52)53-51(61)45(56)40-38-36-34-32-30-28-25-18-16-14-12-10-8-6-4-2/h20-21,24,26,31,33,43-50,52,54-60H,3-19,22-23,25,27-30,32,34-42H2,1-2H3,(H,53,61)/b21-20+,26-24+,33-31+. The number of aliphatic hydroxyl groups is 7. The van der Waals surface area contributed by atoms with E-state index in [2.05, 4.69) is 55.6 Å². The number of carbonyl (C=O) groups is 1. The number of nitrogens with one attached hydrogen (secondary N) is 1. The van der Waals surface area contributed by atoms with Gasteiger partial charge in [-0.2, -0.15) is 0 Å². The van der Waals surface area contributed by atoms with E-state index in [9.17, 15) is 40.5 Å². The molecule has 0 radical (unpaired) electrons. The Morgan fingerprint density at radius 1 is 0.540 bits per heavy atom. The monoisotopic (exact) mass is 896 g/mol. The third-order valence-corrected chi connectivity index (χ3v) is 12.4. The summed E-state index contributed by atoms with van der Waals surface area (Å²) in [7, 11) is 0. The van der Waals surface area contributed by atoms with Gasteiger partial charge in [0.25, 0.3) is 0 Å². The van der Waals surface area contributed by atoms with Crippen LogP contribution in [0.15, 0.2) is 36.5 Å². The molecule has 0 aromatic carbocycles. The highest BCUT2D eigenvalue weighted by Gasteiger charge is 2.44. The number of allylic oxidation sites excluding steroid dienone is 6. The summed E-state index contributed by atoms with van der Waals surface area (Å²) in [6.07, 6.45) is 37.6. The van der Waals surface area contributed by atoms with Gasteiger partial charge in [0.05, 0.1) is 25.4 Å². The molecule has 0 aromatic rings. The van der Waals surface area contributed by atoms with Crippen molar-refractivity contribution in [1.29, 1.82) is 0 Å². The molecule has 370 valence electrons. The maximum Gasteiger partial charge on any atom is 0.249 e. The molecular formula is C52H97NO10. The molecule has 63 heavy (non-hydrogen) atoms. The molecule has 0 aliphatic carbocycles.